The van der Waals surface area contributed by atoms with Crippen molar-refractivity contribution in [2.45, 2.75) is 0 Å². The second-order valence-electron chi connectivity index (χ2n) is 9.84. The molecule has 0 amide bonds. The maximum absolute atomic E-state index is 10.5. The second-order valence-corrected chi connectivity index (χ2v) is 9.84. The van der Waals surface area contributed by atoms with Gasteiger partial charge >= 0.3 is 0 Å². The van der Waals surface area contributed by atoms with Crippen molar-refractivity contribution in [2.75, 3.05) is 23.7 Å². The first-order valence-corrected chi connectivity index (χ1v) is 13.8. The Bertz CT molecular complexity index is 1790. The Balaban J connectivity index is 1.14. The van der Waals surface area contributed by atoms with Crippen LogP contribution < -0.4 is 10.6 Å². The summed E-state index contributed by atoms with van der Waals surface area (Å²) in [6.45, 7) is 1.29. The maximum Gasteiger partial charge on any atom is 0.124 e. The lowest BCUT2D eigenvalue weighted by Gasteiger charge is -2.12. The lowest BCUT2D eigenvalue weighted by atomic mass is 10.0. The summed E-state index contributed by atoms with van der Waals surface area (Å²) < 4.78 is 0. The summed E-state index contributed by atoms with van der Waals surface area (Å²) in [5.41, 5.74) is 4.74. The molecule has 0 aromatic heterocycles. The van der Waals surface area contributed by atoms with E-state index in [1.807, 2.05) is 109 Å². The Morgan fingerprint density at radius 1 is 0.476 bits per heavy atom. The van der Waals surface area contributed by atoms with Crippen molar-refractivity contribution in [3.8, 4) is 11.5 Å². The van der Waals surface area contributed by atoms with Gasteiger partial charge in [-0.05, 0) is 57.9 Å². The van der Waals surface area contributed by atoms with Crippen LogP contribution in [-0.4, -0.2) is 35.7 Å². The van der Waals surface area contributed by atoms with Gasteiger partial charge in [0.1, 0.15) is 11.5 Å². The monoisotopic (exact) mass is 550 g/mol. The first kappa shape index (κ1) is 26.6. The van der Waals surface area contributed by atoms with Crippen LogP contribution in [0.5, 0.6) is 11.5 Å². The molecule has 0 aliphatic rings. The fourth-order valence-corrected chi connectivity index (χ4v) is 4.97. The molecule has 0 bridgehead atoms. The Labute approximate surface area is 244 Å². The van der Waals surface area contributed by atoms with Gasteiger partial charge in [-0.25, -0.2) is 0 Å². The Kier molecular flexibility index (Phi) is 7.77. The predicted octanol–water partition coefficient (Wildman–Crippen LogP) is 8.43. The van der Waals surface area contributed by atoms with Crippen LogP contribution in [0, 0.1) is 0 Å². The molecule has 0 spiro atoms. The normalized spacial score (nSPS) is 11.5. The van der Waals surface area contributed by atoms with E-state index in [0.29, 0.717) is 24.2 Å². The van der Waals surface area contributed by atoms with E-state index in [9.17, 15) is 10.2 Å². The van der Waals surface area contributed by atoms with Gasteiger partial charge in [0.2, 0.25) is 0 Å². The third-order valence-corrected chi connectivity index (χ3v) is 7.12. The Morgan fingerprint density at radius 3 is 1.36 bits per heavy atom. The molecular weight excluding hydrogens is 520 g/mol. The number of rotatable bonds is 9. The molecule has 6 heteroatoms. The fraction of sp³-hybridized carbons (Fsp3) is 0.0556. The van der Waals surface area contributed by atoms with Crippen LogP contribution in [0.15, 0.2) is 131 Å². The van der Waals surface area contributed by atoms with Crippen LogP contribution in [0.2, 0.25) is 0 Å². The number of nitrogens with zero attached hydrogens (tertiary/aromatic N) is 2. The molecule has 6 nitrogen and oxygen atoms in total. The van der Waals surface area contributed by atoms with Gasteiger partial charge in [0.25, 0.3) is 0 Å². The van der Waals surface area contributed by atoms with Crippen LogP contribution in [0.4, 0.5) is 22.7 Å². The molecule has 42 heavy (non-hydrogen) atoms. The number of fused-ring (bicyclic) bond motifs is 2. The van der Waals surface area contributed by atoms with Crippen molar-refractivity contribution in [1.82, 2.24) is 0 Å². The number of phenols is 2. The van der Waals surface area contributed by atoms with E-state index in [-0.39, 0.29) is 11.5 Å². The van der Waals surface area contributed by atoms with Crippen LogP contribution >= 0.6 is 0 Å². The molecule has 4 N–H and O–H groups in total. The van der Waals surface area contributed by atoms with Crippen molar-refractivity contribution in [3.05, 3.63) is 132 Å². The number of para-hydroxylation sites is 4. The molecule has 0 heterocycles. The molecule has 0 radical (unpaired) electrons. The molecule has 206 valence electrons. The molecule has 0 atom stereocenters. The van der Waals surface area contributed by atoms with E-state index in [0.717, 1.165) is 44.3 Å². The molecule has 0 aliphatic carbocycles. The van der Waals surface area contributed by atoms with Crippen molar-refractivity contribution < 1.29 is 10.2 Å². The summed E-state index contributed by atoms with van der Waals surface area (Å²) in [4.78, 5) is 9.43. The summed E-state index contributed by atoms with van der Waals surface area (Å²) in [6, 6.07) is 38.8. The summed E-state index contributed by atoms with van der Waals surface area (Å²) in [7, 11) is 0. The van der Waals surface area contributed by atoms with E-state index in [1.165, 1.54) is 0 Å². The molecule has 6 aromatic rings. The largest absolute Gasteiger partial charge is 0.507 e. The lowest BCUT2D eigenvalue weighted by Crippen LogP contribution is -2.13. The van der Waals surface area contributed by atoms with Crippen LogP contribution in [0.25, 0.3) is 21.5 Å². The van der Waals surface area contributed by atoms with Gasteiger partial charge < -0.3 is 20.8 Å². The van der Waals surface area contributed by atoms with Crippen LogP contribution in [0.1, 0.15) is 11.1 Å². The lowest BCUT2D eigenvalue weighted by molar-refractivity contribution is 0.475. The zero-order valence-electron chi connectivity index (χ0n) is 22.9. The average molecular weight is 551 g/mol. The van der Waals surface area contributed by atoms with E-state index in [2.05, 4.69) is 10.6 Å². The summed E-state index contributed by atoms with van der Waals surface area (Å²) in [5, 5.41) is 31.9. The molecule has 0 unspecified atom stereocenters. The standard InChI is InChI=1S/C36H30N4O2/c41-35-19-17-25-9-1-3-11-27(25)29(35)23-39-33-15-7-5-13-31(33)37-21-22-38-32-14-6-8-16-34(32)40-24-30-28-12-4-2-10-26(28)18-20-36(30)42/h1-20,23-24,37-38,41-42H,21-22H2. The first-order valence-electron chi connectivity index (χ1n) is 13.8. The Morgan fingerprint density at radius 2 is 0.881 bits per heavy atom. The zero-order valence-corrected chi connectivity index (χ0v) is 22.9. The topological polar surface area (TPSA) is 89.2 Å². The molecule has 0 saturated heterocycles. The van der Waals surface area contributed by atoms with Gasteiger partial charge in [0, 0.05) is 36.6 Å². The highest BCUT2D eigenvalue weighted by Gasteiger charge is 2.07. The number of hydrogen-bond donors (Lipinski definition) is 4. The maximum atomic E-state index is 10.5. The van der Waals surface area contributed by atoms with E-state index >= 15 is 0 Å². The summed E-state index contributed by atoms with van der Waals surface area (Å²) in [5.74, 6) is 0.396. The quantitative estimate of drug-likeness (QED) is 0.107. The van der Waals surface area contributed by atoms with Gasteiger partial charge in [-0.1, -0.05) is 84.9 Å². The molecule has 0 saturated carbocycles. The number of benzene rings is 6. The third-order valence-electron chi connectivity index (χ3n) is 7.12. The molecule has 6 rings (SSSR count). The number of aliphatic imine (C=N–C) groups is 2. The van der Waals surface area contributed by atoms with Gasteiger partial charge in [-0.15, -0.1) is 0 Å². The number of hydrogen-bond acceptors (Lipinski definition) is 6. The van der Waals surface area contributed by atoms with Gasteiger partial charge in [0.05, 0.1) is 22.7 Å². The second kappa shape index (κ2) is 12.3. The highest BCUT2D eigenvalue weighted by atomic mass is 16.3. The van der Waals surface area contributed by atoms with Crippen molar-refractivity contribution >= 4 is 56.7 Å². The molecule has 0 fully saturated rings. The molecule has 0 aliphatic heterocycles. The fourth-order valence-electron chi connectivity index (χ4n) is 4.97. The minimum absolute atomic E-state index is 0.198. The van der Waals surface area contributed by atoms with E-state index < -0.39 is 0 Å². The van der Waals surface area contributed by atoms with Crippen molar-refractivity contribution in [3.63, 3.8) is 0 Å². The van der Waals surface area contributed by atoms with E-state index in [1.54, 1.807) is 24.6 Å². The predicted molar refractivity (Wildman–Crippen MR) is 176 cm³/mol. The van der Waals surface area contributed by atoms with Crippen molar-refractivity contribution in [2.24, 2.45) is 9.98 Å². The summed E-state index contributed by atoms with van der Waals surface area (Å²) >= 11 is 0. The number of aromatic hydroxyl groups is 2. The summed E-state index contributed by atoms with van der Waals surface area (Å²) in [6.07, 6.45) is 3.44. The number of phenolic OH excluding ortho intramolecular Hbond substituents is 2. The minimum atomic E-state index is 0.198. The van der Waals surface area contributed by atoms with Crippen LogP contribution in [-0.2, 0) is 0 Å². The SMILES string of the molecule is Oc1ccc2ccccc2c1C=Nc1ccccc1NCCNc1ccccc1N=Cc1c(O)ccc2ccccc12. The van der Waals surface area contributed by atoms with Crippen LogP contribution in [0.3, 0.4) is 0 Å². The van der Waals surface area contributed by atoms with E-state index in [4.69, 9.17) is 9.98 Å². The van der Waals surface area contributed by atoms with Gasteiger partial charge in [-0.2, -0.15) is 0 Å². The molecule has 6 aromatic carbocycles. The smallest absolute Gasteiger partial charge is 0.124 e. The number of nitrogens with one attached hydrogen (secondary N) is 2. The molecular formula is C36H30N4O2. The Hall–Kier alpha value is -5.62. The van der Waals surface area contributed by atoms with Crippen molar-refractivity contribution in [1.29, 1.82) is 0 Å². The highest BCUT2D eigenvalue weighted by molar-refractivity contribution is 6.04. The number of anilines is 2. The third kappa shape index (κ3) is 5.78. The average Bonchev–Trinajstić information content (AvgIpc) is 3.03. The van der Waals surface area contributed by atoms with Gasteiger partial charge in [-0.3, -0.25) is 9.98 Å². The minimum Gasteiger partial charge on any atom is -0.507 e. The van der Waals surface area contributed by atoms with Gasteiger partial charge in [0.15, 0.2) is 0 Å². The highest BCUT2D eigenvalue weighted by Crippen LogP contribution is 2.30. The zero-order chi connectivity index (χ0) is 28.7. The first-order chi connectivity index (χ1) is 20.7.